The third-order valence-electron chi connectivity index (χ3n) is 2.28. The number of hydrogen-bond donors (Lipinski definition) is 1. The van der Waals surface area contributed by atoms with Gasteiger partial charge in [-0.2, -0.15) is 0 Å². The highest BCUT2D eigenvalue weighted by atomic mass is 35.5. The molecule has 0 fully saturated rings. The molecule has 2 aromatic carbocycles. The van der Waals surface area contributed by atoms with Gasteiger partial charge in [0, 0.05) is 10.7 Å². The first-order chi connectivity index (χ1) is 8.56. The minimum absolute atomic E-state index is 0.160. The molecule has 0 saturated heterocycles. The van der Waals surface area contributed by atoms with Crippen LogP contribution in [0.2, 0.25) is 5.02 Å². The Hall–Kier alpha value is -1.94. The Balaban J connectivity index is 2.21. The Morgan fingerprint density at radius 2 is 1.72 bits per heavy atom. The van der Waals surface area contributed by atoms with E-state index in [1.807, 2.05) is 0 Å². The predicted octanol–water partition coefficient (Wildman–Crippen LogP) is 3.87. The molecule has 0 spiro atoms. The maximum absolute atomic E-state index is 13.4. The topological polar surface area (TPSA) is 29.1 Å². The summed E-state index contributed by atoms with van der Waals surface area (Å²) in [5.74, 6) is -1.72. The van der Waals surface area contributed by atoms with Gasteiger partial charge in [0.25, 0.3) is 5.91 Å². The van der Waals surface area contributed by atoms with Crippen LogP contribution in [0.15, 0.2) is 42.5 Å². The number of carbonyl (C=O) groups is 1. The number of hydrogen-bond acceptors (Lipinski definition) is 1. The highest BCUT2D eigenvalue weighted by Gasteiger charge is 2.12. The van der Waals surface area contributed by atoms with Gasteiger partial charge < -0.3 is 5.32 Å². The van der Waals surface area contributed by atoms with E-state index in [-0.39, 0.29) is 10.6 Å². The van der Waals surface area contributed by atoms with Crippen molar-refractivity contribution in [1.82, 2.24) is 0 Å². The lowest BCUT2D eigenvalue weighted by atomic mass is 10.2. The van der Waals surface area contributed by atoms with Crippen LogP contribution in [0.25, 0.3) is 0 Å². The zero-order valence-corrected chi connectivity index (χ0v) is 9.84. The molecule has 2 nitrogen and oxygen atoms in total. The molecule has 0 aliphatic carbocycles. The quantitative estimate of drug-likeness (QED) is 0.879. The number of benzene rings is 2. The molecule has 0 unspecified atom stereocenters. The van der Waals surface area contributed by atoms with Crippen molar-refractivity contribution in [3.63, 3.8) is 0 Å². The highest BCUT2D eigenvalue weighted by molar-refractivity contribution is 6.31. The molecule has 0 heterocycles. The highest BCUT2D eigenvalue weighted by Crippen LogP contribution is 2.17. The van der Waals surface area contributed by atoms with Gasteiger partial charge in [0.1, 0.15) is 11.6 Å². The SMILES string of the molecule is O=C(Nc1ccc(F)cc1)c1cc(Cl)ccc1F. The Kier molecular flexibility index (Phi) is 3.58. The number of anilines is 1. The Labute approximate surface area is 107 Å². The number of nitrogens with one attached hydrogen (secondary N) is 1. The fraction of sp³-hybridized carbons (Fsp3) is 0. The van der Waals surface area contributed by atoms with Crippen LogP contribution < -0.4 is 5.32 Å². The van der Waals surface area contributed by atoms with Crippen molar-refractivity contribution in [1.29, 1.82) is 0 Å². The van der Waals surface area contributed by atoms with Crippen LogP contribution in [0, 0.1) is 11.6 Å². The number of amides is 1. The Morgan fingerprint density at radius 1 is 1.06 bits per heavy atom. The second-order valence-electron chi connectivity index (χ2n) is 3.59. The molecule has 2 rings (SSSR count). The lowest BCUT2D eigenvalue weighted by molar-refractivity contribution is 0.102. The lowest BCUT2D eigenvalue weighted by Crippen LogP contribution is -2.13. The van der Waals surface area contributed by atoms with E-state index >= 15 is 0 Å². The summed E-state index contributed by atoms with van der Waals surface area (Å²) in [6.45, 7) is 0. The normalized spacial score (nSPS) is 10.2. The van der Waals surface area contributed by atoms with E-state index in [0.717, 1.165) is 6.07 Å². The third-order valence-corrected chi connectivity index (χ3v) is 2.51. The van der Waals surface area contributed by atoms with Crippen LogP contribution in [0.4, 0.5) is 14.5 Å². The van der Waals surface area contributed by atoms with Crippen LogP contribution in [0.5, 0.6) is 0 Å². The van der Waals surface area contributed by atoms with Gasteiger partial charge in [-0.15, -0.1) is 0 Å². The summed E-state index contributed by atoms with van der Waals surface area (Å²) in [7, 11) is 0. The van der Waals surface area contributed by atoms with Crippen LogP contribution in [-0.4, -0.2) is 5.91 Å². The number of carbonyl (C=O) groups excluding carboxylic acids is 1. The minimum Gasteiger partial charge on any atom is -0.322 e. The van der Waals surface area contributed by atoms with Crippen LogP contribution in [-0.2, 0) is 0 Å². The summed E-state index contributed by atoms with van der Waals surface area (Å²) in [6.07, 6.45) is 0. The fourth-order valence-corrected chi connectivity index (χ4v) is 1.58. The zero-order chi connectivity index (χ0) is 13.1. The Morgan fingerprint density at radius 3 is 2.39 bits per heavy atom. The average Bonchev–Trinajstić information content (AvgIpc) is 2.35. The molecule has 0 radical (unpaired) electrons. The number of halogens is 3. The first-order valence-corrected chi connectivity index (χ1v) is 5.46. The average molecular weight is 268 g/mol. The van der Waals surface area contributed by atoms with E-state index in [4.69, 9.17) is 11.6 Å². The number of rotatable bonds is 2. The van der Waals surface area contributed by atoms with Gasteiger partial charge in [-0.3, -0.25) is 4.79 Å². The third kappa shape index (κ3) is 2.84. The van der Waals surface area contributed by atoms with Crippen LogP contribution >= 0.6 is 11.6 Å². The van der Waals surface area contributed by atoms with E-state index in [0.29, 0.717) is 5.69 Å². The molecule has 1 amide bonds. The molecule has 0 atom stereocenters. The van der Waals surface area contributed by atoms with Crippen molar-refractivity contribution in [2.75, 3.05) is 5.32 Å². The molecule has 0 saturated carbocycles. The van der Waals surface area contributed by atoms with Crippen molar-refractivity contribution in [3.05, 3.63) is 64.7 Å². The molecule has 18 heavy (non-hydrogen) atoms. The summed E-state index contributed by atoms with van der Waals surface area (Å²) in [6, 6.07) is 8.86. The minimum atomic E-state index is -0.668. The fourth-order valence-electron chi connectivity index (χ4n) is 1.40. The second-order valence-corrected chi connectivity index (χ2v) is 4.02. The molecular weight excluding hydrogens is 260 g/mol. The van der Waals surface area contributed by atoms with Gasteiger partial charge in [-0.25, -0.2) is 8.78 Å². The standard InChI is InChI=1S/C13H8ClF2NO/c14-8-1-6-12(16)11(7-8)13(18)17-10-4-2-9(15)3-5-10/h1-7H,(H,17,18). The van der Waals surface area contributed by atoms with Gasteiger partial charge in [0.2, 0.25) is 0 Å². The molecule has 0 aliphatic rings. The first-order valence-electron chi connectivity index (χ1n) is 5.08. The van der Waals surface area contributed by atoms with E-state index in [1.54, 1.807) is 0 Å². The molecular formula is C13H8ClF2NO. The van der Waals surface area contributed by atoms with E-state index in [1.165, 1.54) is 36.4 Å². The van der Waals surface area contributed by atoms with E-state index < -0.39 is 17.5 Å². The van der Waals surface area contributed by atoms with Crippen molar-refractivity contribution >= 4 is 23.2 Å². The molecule has 0 aromatic heterocycles. The van der Waals surface area contributed by atoms with Crippen LogP contribution in [0.3, 0.4) is 0 Å². The van der Waals surface area contributed by atoms with Crippen molar-refractivity contribution in [3.8, 4) is 0 Å². The smallest absolute Gasteiger partial charge is 0.258 e. The zero-order valence-electron chi connectivity index (χ0n) is 9.08. The van der Waals surface area contributed by atoms with Crippen molar-refractivity contribution in [2.45, 2.75) is 0 Å². The summed E-state index contributed by atoms with van der Waals surface area (Å²) in [5.41, 5.74) is 0.215. The summed E-state index contributed by atoms with van der Waals surface area (Å²) >= 11 is 5.69. The summed E-state index contributed by atoms with van der Waals surface area (Å²) in [5, 5.41) is 2.71. The van der Waals surface area contributed by atoms with Gasteiger partial charge in [-0.05, 0) is 42.5 Å². The maximum Gasteiger partial charge on any atom is 0.258 e. The maximum atomic E-state index is 13.4. The Bertz CT molecular complexity index is 584. The molecule has 5 heteroatoms. The predicted molar refractivity (Wildman–Crippen MR) is 65.8 cm³/mol. The summed E-state index contributed by atoms with van der Waals surface area (Å²) in [4.78, 5) is 11.8. The van der Waals surface area contributed by atoms with Gasteiger partial charge in [0.05, 0.1) is 5.56 Å². The molecule has 1 N–H and O–H groups in total. The molecule has 0 aliphatic heterocycles. The lowest BCUT2D eigenvalue weighted by Gasteiger charge is -2.06. The van der Waals surface area contributed by atoms with E-state index in [2.05, 4.69) is 5.32 Å². The second kappa shape index (κ2) is 5.14. The van der Waals surface area contributed by atoms with Crippen LogP contribution in [0.1, 0.15) is 10.4 Å². The molecule has 2 aromatic rings. The summed E-state index contributed by atoms with van der Waals surface area (Å²) < 4.78 is 26.1. The van der Waals surface area contributed by atoms with Gasteiger partial charge in [0.15, 0.2) is 0 Å². The van der Waals surface area contributed by atoms with Crippen molar-refractivity contribution in [2.24, 2.45) is 0 Å². The first kappa shape index (κ1) is 12.5. The largest absolute Gasteiger partial charge is 0.322 e. The van der Waals surface area contributed by atoms with Crippen molar-refractivity contribution < 1.29 is 13.6 Å². The molecule has 0 bridgehead atoms. The van der Waals surface area contributed by atoms with Gasteiger partial charge in [-0.1, -0.05) is 11.6 Å². The monoisotopic (exact) mass is 267 g/mol. The van der Waals surface area contributed by atoms with Gasteiger partial charge >= 0.3 is 0 Å². The molecule has 92 valence electrons. The van der Waals surface area contributed by atoms with E-state index in [9.17, 15) is 13.6 Å².